The Morgan fingerprint density at radius 2 is 2.28 bits per heavy atom. The molecule has 0 spiro atoms. The molecule has 1 N–H and O–H groups in total. The summed E-state index contributed by atoms with van der Waals surface area (Å²) in [6, 6.07) is 5.09. The molecule has 0 radical (unpaired) electrons. The lowest BCUT2D eigenvalue weighted by atomic mass is 10.2. The van der Waals surface area contributed by atoms with Gasteiger partial charge >= 0.3 is 0 Å². The van der Waals surface area contributed by atoms with Crippen molar-refractivity contribution in [2.24, 2.45) is 0 Å². The Labute approximate surface area is 111 Å². The molecule has 1 saturated heterocycles. The van der Waals surface area contributed by atoms with E-state index in [1.165, 1.54) is 6.07 Å². The van der Waals surface area contributed by atoms with Crippen LogP contribution in [0.1, 0.15) is 18.2 Å². The standard InChI is InChI=1S/C11H15N3O2S2/c1-2-5-14(9-7-13-8-9)18(15,16)11-4-3-10(6-12)17-11/h3-4,9,13H,2,5,7-8H2,1H3. The lowest BCUT2D eigenvalue weighted by Gasteiger charge is -2.36. The SMILES string of the molecule is CCCN(C1CNC1)S(=O)(=O)c1ccc(C#N)s1. The van der Waals surface area contributed by atoms with Crippen LogP contribution in [0.15, 0.2) is 16.3 Å². The van der Waals surface area contributed by atoms with Crippen molar-refractivity contribution in [3.8, 4) is 6.07 Å². The topological polar surface area (TPSA) is 73.2 Å². The number of hydrogen-bond acceptors (Lipinski definition) is 5. The van der Waals surface area contributed by atoms with Crippen LogP contribution < -0.4 is 5.32 Å². The van der Waals surface area contributed by atoms with E-state index in [9.17, 15) is 8.42 Å². The lowest BCUT2D eigenvalue weighted by molar-refractivity contribution is 0.242. The van der Waals surface area contributed by atoms with Gasteiger partial charge in [-0.2, -0.15) is 9.57 Å². The normalized spacial score (nSPS) is 16.5. The molecule has 1 aliphatic heterocycles. The smallest absolute Gasteiger partial charge is 0.252 e. The highest BCUT2D eigenvalue weighted by Crippen LogP contribution is 2.26. The summed E-state index contributed by atoms with van der Waals surface area (Å²) in [4.78, 5) is 0.428. The molecule has 0 unspecified atom stereocenters. The van der Waals surface area contributed by atoms with Crippen LogP contribution in [0, 0.1) is 11.3 Å². The van der Waals surface area contributed by atoms with E-state index in [4.69, 9.17) is 5.26 Å². The van der Waals surface area contributed by atoms with Crippen LogP contribution in [0.25, 0.3) is 0 Å². The fourth-order valence-corrected chi connectivity index (χ4v) is 4.78. The molecule has 5 nitrogen and oxygen atoms in total. The second kappa shape index (κ2) is 5.36. The van der Waals surface area contributed by atoms with Crippen molar-refractivity contribution in [2.75, 3.05) is 19.6 Å². The maximum absolute atomic E-state index is 12.5. The van der Waals surface area contributed by atoms with E-state index in [1.807, 2.05) is 13.0 Å². The van der Waals surface area contributed by atoms with Gasteiger partial charge in [-0.3, -0.25) is 0 Å². The third-order valence-corrected chi connectivity index (χ3v) is 6.27. The van der Waals surface area contributed by atoms with E-state index in [0.717, 1.165) is 17.8 Å². The van der Waals surface area contributed by atoms with Crippen molar-refractivity contribution in [3.63, 3.8) is 0 Å². The van der Waals surface area contributed by atoms with E-state index >= 15 is 0 Å². The highest BCUT2D eigenvalue weighted by Gasteiger charge is 2.34. The Hall–Kier alpha value is -0.940. The molecule has 0 bridgehead atoms. The summed E-state index contributed by atoms with van der Waals surface area (Å²) in [7, 11) is -3.45. The van der Waals surface area contributed by atoms with Gasteiger partial charge in [0.05, 0.1) is 6.04 Å². The number of nitrogens with one attached hydrogen (secondary N) is 1. The summed E-state index contributed by atoms with van der Waals surface area (Å²) in [5.74, 6) is 0. The zero-order valence-corrected chi connectivity index (χ0v) is 11.7. The van der Waals surface area contributed by atoms with Gasteiger partial charge in [-0.25, -0.2) is 8.42 Å². The van der Waals surface area contributed by atoms with Crippen LogP contribution in [0.2, 0.25) is 0 Å². The molecule has 1 fully saturated rings. The van der Waals surface area contributed by atoms with Gasteiger partial charge in [0.25, 0.3) is 10.0 Å². The van der Waals surface area contributed by atoms with Gasteiger partial charge in [0.2, 0.25) is 0 Å². The van der Waals surface area contributed by atoms with Gasteiger partial charge in [0, 0.05) is 19.6 Å². The fourth-order valence-electron chi connectivity index (χ4n) is 1.83. The Kier molecular flexibility index (Phi) is 4.02. The van der Waals surface area contributed by atoms with Gasteiger partial charge in [-0.1, -0.05) is 6.92 Å². The molecule has 0 saturated carbocycles. The van der Waals surface area contributed by atoms with Crippen LogP contribution in [0.5, 0.6) is 0 Å². The Morgan fingerprint density at radius 1 is 1.56 bits per heavy atom. The van der Waals surface area contributed by atoms with Crippen LogP contribution >= 0.6 is 11.3 Å². The van der Waals surface area contributed by atoms with E-state index in [-0.39, 0.29) is 10.3 Å². The molecule has 7 heteroatoms. The largest absolute Gasteiger partial charge is 0.313 e. The molecule has 0 aromatic carbocycles. The highest BCUT2D eigenvalue weighted by molar-refractivity contribution is 7.91. The number of hydrogen-bond donors (Lipinski definition) is 1. The summed E-state index contributed by atoms with van der Waals surface area (Å²) >= 11 is 1.03. The third-order valence-electron chi connectivity index (χ3n) is 2.87. The van der Waals surface area contributed by atoms with E-state index < -0.39 is 10.0 Å². The second-order valence-electron chi connectivity index (χ2n) is 4.16. The predicted octanol–water partition coefficient (Wildman–Crippen LogP) is 0.992. The molecule has 1 aromatic heterocycles. The van der Waals surface area contributed by atoms with Crippen LogP contribution in [0.3, 0.4) is 0 Å². The monoisotopic (exact) mass is 285 g/mol. The predicted molar refractivity (Wildman–Crippen MR) is 69.9 cm³/mol. The van der Waals surface area contributed by atoms with Crippen molar-refractivity contribution in [3.05, 3.63) is 17.0 Å². The Bertz CT molecular complexity index is 555. The first-order chi connectivity index (χ1) is 8.59. The zero-order valence-electron chi connectivity index (χ0n) is 10.1. The molecule has 98 valence electrons. The zero-order chi connectivity index (χ0) is 13.2. The van der Waals surface area contributed by atoms with Crippen LogP contribution in [0.4, 0.5) is 0 Å². The molecule has 0 atom stereocenters. The lowest BCUT2D eigenvalue weighted by Crippen LogP contribution is -2.58. The Morgan fingerprint density at radius 3 is 2.72 bits per heavy atom. The van der Waals surface area contributed by atoms with Gasteiger partial charge in [-0.05, 0) is 18.6 Å². The third kappa shape index (κ3) is 2.42. The van der Waals surface area contributed by atoms with Crippen molar-refractivity contribution in [2.45, 2.75) is 23.6 Å². The van der Waals surface area contributed by atoms with Crippen LogP contribution in [-0.2, 0) is 10.0 Å². The average Bonchev–Trinajstić information content (AvgIpc) is 2.75. The van der Waals surface area contributed by atoms with Crippen molar-refractivity contribution < 1.29 is 8.42 Å². The van der Waals surface area contributed by atoms with E-state index in [2.05, 4.69) is 5.32 Å². The Balaban J connectivity index is 2.29. The second-order valence-corrected chi connectivity index (χ2v) is 7.36. The highest BCUT2D eigenvalue weighted by atomic mass is 32.2. The maximum Gasteiger partial charge on any atom is 0.252 e. The van der Waals surface area contributed by atoms with Crippen molar-refractivity contribution in [1.29, 1.82) is 5.26 Å². The van der Waals surface area contributed by atoms with E-state index in [0.29, 0.717) is 24.5 Å². The first kappa shape index (κ1) is 13.5. The minimum atomic E-state index is -3.45. The molecule has 1 aliphatic rings. The summed E-state index contributed by atoms with van der Waals surface area (Å²) < 4.78 is 26.8. The first-order valence-electron chi connectivity index (χ1n) is 5.82. The molecule has 2 heterocycles. The summed E-state index contributed by atoms with van der Waals surface area (Å²) in [5, 5.41) is 11.9. The number of nitriles is 1. The molecule has 0 amide bonds. The first-order valence-corrected chi connectivity index (χ1v) is 8.07. The molecule has 1 aromatic rings. The summed E-state index contributed by atoms with van der Waals surface area (Å²) in [6.45, 7) is 3.89. The van der Waals surface area contributed by atoms with Gasteiger partial charge < -0.3 is 5.32 Å². The van der Waals surface area contributed by atoms with Crippen molar-refractivity contribution >= 4 is 21.4 Å². The maximum atomic E-state index is 12.5. The number of nitrogens with zero attached hydrogens (tertiary/aromatic N) is 2. The minimum absolute atomic E-state index is 0.0441. The number of thiophene rings is 1. The molecule has 2 rings (SSSR count). The quantitative estimate of drug-likeness (QED) is 0.875. The van der Waals surface area contributed by atoms with Gasteiger partial charge in [-0.15, -0.1) is 11.3 Å². The summed E-state index contributed by atoms with van der Waals surface area (Å²) in [6.07, 6.45) is 0.784. The summed E-state index contributed by atoms with van der Waals surface area (Å²) in [5.41, 5.74) is 0. The fraction of sp³-hybridized carbons (Fsp3) is 0.545. The molecular weight excluding hydrogens is 270 g/mol. The van der Waals surface area contributed by atoms with Gasteiger partial charge in [0.1, 0.15) is 15.2 Å². The number of rotatable bonds is 5. The van der Waals surface area contributed by atoms with Gasteiger partial charge in [0.15, 0.2) is 0 Å². The van der Waals surface area contributed by atoms with E-state index in [1.54, 1.807) is 10.4 Å². The molecule has 0 aliphatic carbocycles. The minimum Gasteiger partial charge on any atom is -0.313 e. The van der Waals surface area contributed by atoms with Crippen molar-refractivity contribution in [1.82, 2.24) is 9.62 Å². The molecule has 18 heavy (non-hydrogen) atoms. The number of sulfonamides is 1. The molecular formula is C11H15N3O2S2. The van der Waals surface area contributed by atoms with Crippen LogP contribution in [-0.4, -0.2) is 38.4 Å². The average molecular weight is 285 g/mol.